The Bertz CT molecular complexity index is 993. The number of amides is 1. The van der Waals surface area contributed by atoms with Gasteiger partial charge in [-0.05, 0) is 31.0 Å². The van der Waals surface area contributed by atoms with Crippen molar-refractivity contribution in [2.45, 2.75) is 26.4 Å². The minimum absolute atomic E-state index is 0.0623. The SMILES string of the molecule is COc1cccc2c(C)cc(=O)n(CC(=O)NC(C)c3ccccc3)c12. The second-order valence-corrected chi connectivity index (χ2v) is 6.31. The maximum absolute atomic E-state index is 12.6. The van der Waals surface area contributed by atoms with Gasteiger partial charge in [-0.3, -0.25) is 14.2 Å². The number of hydrogen-bond acceptors (Lipinski definition) is 3. The minimum atomic E-state index is -0.223. The maximum atomic E-state index is 12.6. The molecule has 0 radical (unpaired) electrons. The molecule has 1 amide bonds. The fourth-order valence-corrected chi connectivity index (χ4v) is 3.15. The Morgan fingerprint density at radius 1 is 1.15 bits per heavy atom. The van der Waals surface area contributed by atoms with Crippen LogP contribution in [-0.4, -0.2) is 17.6 Å². The number of nitrogens with one attached hydrogen (secondary N) is 1. The fraction of sp³-hybridized carbons (Fsp3) is 0.238. The van der Waals surface area contributed by atoms with E-state index in [1.54, 1.807) is 19.2 Å². The van der Waals surface area contributed by atoms with Gasteiger partial charge < -0.3 is 10.1 Å². The predicted molar refractivity (Wildman–Crippen MR) is 102 cm³/mol. The number of aryl methyl sites for hydroxylation is 1. The summed E-state index contributed by atoms with van der Waals surface area (Å²) in [5, 5.41) is 3.85. The highest BCUT2D eigenvalue weighted by atomic mass is 16.5. The number of carbonyl (C=O) groups is 1. The third-order valence-corrected chi connectivity index (χ3v) is 4.50. The first-order valence-corrected chi connectivity index (χ1v) is 8.52. The normalized spacial score (nSPS) is 12.0. The Morgan fingerprint density at radius 2 is 1.88 bits per heavy atom. The largest absolute Gasteiger partial charge is 0.495 e. The maximum Gasteiger partial charge on any atom is 0.251 e. The molecule has 3 aromatic rings. The summed E-state index contributed by atoms with van der Waals surface area (Å²) in [7, 11) is 1.56. The summed E-state index contributed by atoms with van der Waals surface area (Å²) in [6.45, 7) is 3.74. The van der Waals surface area contributed by atoms with E-state index in [1.165, 1.54) is 4.57 Å². The number of pyridine rings is 1. The van der Waals surface area contributed by atoms with Crippen molar-refractivity contribution in [1.29, 1.82) is 0 Å². The van der Waals surface area contributed by atoms with Crippen LogP contribution in [0.5, 0.6) is 5.75 Å². The number of rotatable bonds is 5. The molecule has 1 aromatic heterocycles. The second-order valence-electron chi connectivity index (χ2n) is 6.31. The molecule has 0 fully saturated rings. The summed E-state index contributed by atoms with van der Waals surface area (Å²) < 4.78 is 6.89. The molecule has 2 aromatic carbocycles. The molecule has 3 rings (SSSR count). The van der Waals surface area contributed by atoms with Crippen LogP contribution in [0.4, 0.5) is 0 Å². The Morgan fingerprint density at radius 3 is 2.58 bits per heavy atom. The monoisotopic (exact) mass is 350 g/mol. The Balaban J connectivity index is 1.93. The first-order chi connectivity index (χ1) is 12.5. The number of fused-ring (bicyclic) bond motifs is 1. The van der Waals surface area contributed by atoms with Crippen molar-refractivity contribution in [3.63, 3.8) is 0 Å². The molecule has 134 valence electrons. The molecule has 0 spiro atoms. The van der Waals surface area contributed by atoms with Crippen LogP contribution >= 0.6 is 0 Å². The summed E-state index contributed by atoms with van der Waals surface area (Å²) in [5.74, 6) is 0.353. The zero-order chi connectivity index (χ0) is 18.7. The predicted octanol–water partition coefficient (Wildman–Crippen LogP) is 3.20. The average Bonchev–Trinajstić information content (AvgIpc) is 2.65. The van der Waals surface area contributed by atoms with Crippen LogP contribution in [-0.2, 0) is 11.3 Å². The highest BCUT2D eigenvalue weighted by Crippen LogP contribution is 2.26. The molecule has 1 unspecified atom stereocenters. The lowest BCUT2D eigenvalue weighted by Gasteiger charge is -2.17. The van der Waals surface area contributed by atoms with Crippen LogP contribution in [0.15, 0.2) is 59.4 Å². The van der Waals surface area contributed by atoms with Gasteiger partial charge in [0.15, 0.2) is 0 Å². The number of para-hydroxylation sites is 1. The van der Waals surface area contributed by atoms with Gasteiger partial charge in [0.25, 0.3) is 5.56 Å². The van der Waals surface area contributed by atoms with Crippen LogP contribution in [0.3, 0.4) is 0 Å². The minimum Gasteiger partial charge on any atom is -0.495 e. The number of aromatic nitrogens is 1. The Labute approximate surface area is 152 Å². The molecule has 0 aliphatic rings. The molecule has 0 saturated heterocycles. The molecular weight excluding hydrogens is 328 g/mol. The van der Waals surface area contributed by atoms with E-state index in [-0.39, 0.29) is 24.1 Å². The number of hydrogen-bond donors (Lipinski definition) is 1. The van der Waals surface area contributed by atoms with Crippen molar-refractivity contribution in [2.24, 2.45) is 0 Å². The van der Waals surface area contributed by atoms with Crippen LogP contribution in [0, 0.1) is 6.92 Å². The van der Waals surface area contributed by atoms with E-state index in [4.69, 9.17) is 4.74 Å². The van der Waals surface area contributed by atoms with E-state index in [1.807, 2.05) is 56.3 Å². The van der Waals surface area contributed by atoms with Crippen LogP contribution in [0.1, 0.15) is 24.1 Å². The van der Waals surface area contributed by atoms with Gasteiger partial charge in [0.1, 0.15) is 12.3 Å². The van der Waals surface area contributed by atoms with Crippen molar-refractivity contribution in [3.05, 3.63) is 76.1 Å². The van der Waals surface area contributed by atoms with Crippen molar-refractivity contribution in [1.82, 2.24) is 9.88 Å². The molecule has 0 saturated carbocycles. The molecule has 0 aliphatic heterocycles. The molecule has 1 N–H and O–H groups in total. The second kappa shape index (κ2) is 7.44. The van der Waals surface area contributed by atoms with Gasteiger partial charge in [0.2, 0.25) is 5.91 Å². The lowest BCUT2D eigenvalue weighted by atomic mass is 10.1. The van der Waals surface area contributed by atoms with Gasteiger partial charge in [-0.1, -0.05) is 42.5 Å². The van der Waals surface area contributed by atoms with Gasteiger partial charge in [0.05, 0.1) is 18.7 Å². The van der Waals surface area contributed by atoms with E-state index in [2.05, 4.69) is 5.32 Å². The van der Waals surface area contributed by atoms with Gasteiger partial charge in [-0.25, -0.2) is 0 Å². The summed E-state index contributed by atoms with van der Waals surface area (Å²) >= 11 is 0. The lowest BCUT2D eigenvalue weighted by molar-refractivity contribution is -0.122. The molecule has 0 aliphatic carbocycles. The third-order valence-electron chi connectivity index (χ3n) is 4.50. The fourth-order valence-electron chi connectivity index (χ4n) is 3.15. The molecule has 1 atom stereocenters. The topological polar surface area (TPSA) is 60.3 Å². The Kier molecular flexibility index (Phi) is 5.07. The average molecular weight is 350 g/mol. The van der Waals surface area contributed by atoms with Crippen molar-refractivity contribution in [3.8, 4) is 5.75 Å². The van der Waals surface area contributed by atoms with E-state index < -0.39 is 0 Å². The van der Waals surface area contributed by atoms with Crippen molar-refractivity contribution >= 4 is 16.8 Å². The molecule has 26 heavy (non-hydrogen) atoms. The zero-order valence-corrected chi connectivity index (χ0v) is 15.2. The highest BCUT2D eigenvalue weighted by Gasteiger charge is 2.15. The first-order valence-electron chi connectivity index (χ1n) is 8.52. The number of benzene rings is 2. The van der Waals surface area contributed by atoms with Gasteiger partial charge >= 0.3 is 0 Å². The summed E-state index contributed by atoms with van der Waals surface area (Å²) in [5.41, 5.74) is 2.29. The summed E-state index contributed by atoms with van der Waals surface area (Å²) in [6, 6.07) is 16.7. The third kappa shape index (κ3) is 3.47. The van der Waals surface area contributed by atoms with Crippen molar-refractivity contribution in [2.75, 3.05) is 7.11 Å². The lowest BCUT2D eigenvalue weighted by Crippen LogP contribution is -2.34. The quantitative estimate of drug-likeness (QED) is 0.769. The van der Waals surface area contributed by atoms with Crippen LogP contribution in [0.2, 0.25) is 0 Å². The molecule has 0 bridgehead atoms. The number of carbonyl (C=O) groups excluding carboxylic acids is 1. The number of nitrogens with zero attached hydrogens (tertiary/aromatic N) is 1. The number of methoxy groups -OCH3 is 1. The molecular formula is C21H22N2O3. The van der Waals surface area contributed by atoms with E-state index in [9.17, 15) is 9.59 Å². The van der Waals surface area contributed by atoms with Crippen LogP contribution < -0.4 is 15.6 Å². The van der Waals surface area contributed by atoms with E-state index >= 15 is 0 Å². The van der Waals surface area contributed by atoms with Gasteiger partial charge in [0, 0.05) is 11.5 Å². The van der Waals surface area contributed by atoms with E-state index in [0.717, 1.165) is 16.5 Å². The smallest absolute Gasteiger partial charge is 0.251 e. The van der Waals surface area contributed by atoms with E-state index in [0.29, 0.717) is 11.3 Å². The Hall–Kier alpha value is -3.08. The van der Waals surface area contributed by atoms with Crippen molar-refractivity contribution < 1.29 is 9.53 Å². The van der Waals surface area contributed by atoms with Crippen LogP contribution in [0.25, 0.3) is 10.9 Å². The van der Waals surface area contributed by atoms with Gasteiger partial charge in [-0.15, -0.1) is 0 Å². The molecule has 5 nitrogen and oxygen atoms in total. The molecule has 1 heterocycles. The summed E-state index contributed by atoms with van der Waals surface area (Å²) in [6.07, 6.45) is 0. The highest BCUT2D eigenvalue weighted by molar-refractivity contribution is 5.89. The zero-order valence-electron chi connectivity index (χ0n) is 15.2. The van der Waals surface area contributed by atoms with Gasteiger partial charge in [-0.2, -0.15) is 0 Å². The first kappa shape index (κ1) is 17.7. The standard InChI is InChI=1S/C21H22N2O3/c1-14-12-20(25)23(21-17(14)10-7-11-18(21)26-3)13-19(24)22-15(2)16-8-5-4-6-9-16/h4-12,15H,13H2,1-3H3,(H,22,24). The summed E-state index contributed by atoms with van der Waals surface area (Å²) in [4.78, 5) is 25.1. The number of ether oxygens (including phenoxy) is 1. The molecule has 5 heteroatoms.